The fourth-order valence-electron chi connectivity index (χ4n) is 2.13. The summed E-state index contributed by atoms with van der Waals surface area (Å²) in [5.74, 6) is -2.86. The molecule has 0 radical (unpaired) electrons. The molecule has 0 spiro atoms. The molecule has 1 heterocycles. The van der Waals surface area contributed by atoms with E-state index < -0.39 is 11.9 Å². The van der Waals surface area contributed by atoms with Gasteiger partial charge in [-0.05, 0) is 18.1 Å². The number of morpholine rings is 1. The van der Waals surface area contributed by atoms with Gasteiger partial charge in [0, 0.05) is 19.6 Å². The van der Waals surface area contributed by atoms with Crippen LogP contribution in [-0.4, -0.2) is 66.5 Å². The molecule has 0 atom stereocenters. The van der Waals surface area contributed by atoms with Gasteiger partial charge in [0.15, 0.2) is 0 Å². The highest BCUT2D eigenvalue weighted by Gasteiger charge is 2.11. The average molecular weight is 372 g/mol. The topological polar surface area (TPSA) is 96.3 Å². The molecule has 1 fully saturated rings. The van der Waals surface area contributed by atoms with Crippen molar-refractivity contribution in [1.29, 1.82) is 0 Å². The van der Waals surface area contributed by atoms with Gasteiger partial charge in [-0.25, -0.2) is 9.59 Å². The van der Waals surface area contributed by atoms with Gasteiger partial charge in [-0.2, -0.15) is 0 Å². The van der Waals surface area contributed by atoms with E-state index in [1.165, 1.54) is 0 Å². The highest BCUT2D eigenvalue weighted by atomic mass is 35.5. The van der Waals surface area contributed by atoms with Gasteiger partial charge in [-0.1, -0.05) is 29.8 Å². The fraction of sp³-hybridized carbons (Fsp3) is 0.412. The van der Waals surface area contributed by atoms with Gasteiger partial charge in [-0.3, -0.25) is 4.90 Å². The lowest BCUT2D eigenvalue weighted by atomic mass is 10.1. The number of ether oxygens (including phenoxy) is 2. The molecule has 0 aromatic heterocycles. The molecule has 0 aliphatic carbocycles. The number of halogens is 1. The highest BCUT2D eigenvalue weighted by molar-refractivity contribution is 6.32. The first-order chi connectivity index (χ1) is 12.0. The van der Waals surface area contributed by atoms with Crippen LogP contribution in [0.2, 0.25) is 5.02 Å². The van der Waals surface area contributed by atoms with Crippen LogP contribution in [0.25, 0.3) is 0 Å². The van der Waals surface area contributed by atoms with Crippen molar-refractivity contribution < 1.29 is 29.3 Å². The summed E-state index contributed by atoms with van der Waals surface area (Å²) in [6, 6.07) is 5.83. The van der Waals surface area contributed by atoms with Crippen molar-refractivity contribution in [2.45, 2.75) is 6.42 Å². The average Bonchev–Trinajstić information content (AvgIpc) is 2.59. The Bertz CT molecular complexity index is 575. The van der Waals surface area contributed by atoms with E-state index in [9.17, 15) is 0 Å². The van der Waals surface area contributed by atoms with Gasteiger partial charge >= 0.3 is 11.9 Å². The van der Waals surface area contributed by atoms with Gasteiger partial charge in [0.05, 0.1) is 18.2 Å². The Hall–Kier alpha value is -2.09. The summed E-state index contributed by atoms with van der Waals surface area (Å²) in [6.45, 7) is 8.89. The van der Waals surface area contributed by atoms with E-state index in [0.717, 1.165) is 50.6 Å². The molecule has 1 aliphatic rings. The van der Waals surface area contributed by atoms with Gasteiger partial charge in [0.1, 0.15) is 12.4 Å². The van der Waals surface area contributed by atoms with E-state index in [4.69, 9.17) is 40.9 Å². The summed E-state index contributed by atoms with van der Waals surface area (Å²) >= 11 is 6.19. The molecule has 0 saturated carbocycles. The second-order valence-electron chi connectivity index (χ2n) is 5.13. The molecule has 7 nitrogen and oxygen atoms in total. The lowest BCUT2D eigenvalue weighted by Gasteiger charge is -2.26. The van der Waals surface area contributed by atoms with Crippen LogP contribution in [-0.2, 0) is 20.7 Å². The zero-order valence-corrected chi connectivity index (χ0v) is 14.6. The lowest BCUT2D eigenvalue weighted by molar-refractivity contribution is -0.159. The number of aliphatic carboxylic acids is 2. The number of hydrogen-bond donors (Lipinski definition) is 2. The molecule has 8 heteroatoms. The Morgan fingerprint density at radius 2 is 1.92 bits per heavy atom. The number of allylic oxidation sites excluding steroid dienone is 1. The number of carbonyl (C=O) groups is 2. The van der Waals surface area contributed by atoms with Crippen molar-refractivity contribution in [3.8, 4) is 5.75 Å². The molecule has 2 rings (SSSR count). The normalized spacial score (nSPS) is 14.1. The third-order valence-corrected chi connectivity index (χ3v) is 3.65. The van der Waals surface area contributed by atoms with E-state index in [2.05, 4.69) is 11.5 Å². The Labute approximate surface area is 151 Å². The molecular weight excluding hydrogens is 350 g/mol. The maximum atomic E-state index is 9.10. The number of nitrogens with zero attached hydrogens (tertiary/aromatic N) is 1. The van der Waals surface area contributed by atoms with Crippen molar-refractivity contribution in [2.24, 2.45) is 0 Å². The second kappa shape index (κ2) is 11.5. The standard InChI is InChI=1S/C15H20ClNO2.C2H2O4/c1-2-4-13-5-3-6-14(16)15(13)19-12-9-17-7-10-18-11-8-17;3-1(4)2(5)6/h2-3,5-6H,1,4,7-12H2;(H,3,4)(H,5,6). The van der Waals surface area contributed by atoms with Crippen LogP contribution in [0.4, 0.5) is 0 Å². The number of carboxylic acid groups (broad SMARTS) is 2. The molecule has 0 unspecified atom stereocenters. The Balaban J connectivity index is 0.000000450. The predicted octanol–water partition coefficient (Wildman–Crippen LogP) is 1.94. The molecule has 0 bridgehead atoms. The molecule has 0 amide bonds. The molecule has 1 aromatic rings. The van der Waals surface area contributed by atoms with E-state index in [1.54, 1.807) is 0 Å². The Kier molecular flexibility index (Phi) is 9.61. The summed E-state index contributed by atoms with van der Waals surface area (Å²) < 4.78 is 11.2. The molecular formula is C17H22ClNO6. The third-order valence-electron chi connectivity index (χ3n) is 3.35. The van der Waals surface area contributed by atoms with Crippen LogP contribution in [0.3, 0.4) is 0 Å². The maximum Gasteiger partial charge on any atom is 0.414 e. The summed E-state index contributed by atoms with van der Waals surface area (Å²) in [4.78, 5) is 20.5. The smallest absolute Gasteiger partial charge is 0.414 e. The summed E-state index contributed by atoms with van der Waals surface area (Å²) in [5.41, 5.74) is 1.09. The molecule has 138 valence electrons. The van der Waals surface area contributed by atoms with Gasteiger partial charge in [0.2, 0.25) is 0 Å². The van der Waals surface area contributed by atoms with Gasteiger partial charge in [0.25, 0.3) is 0 Å². The lowest BCUT2D eigenvalue weighted by Crippen LogP contribution is -2.38. The van der Waals surface area contributed by atoms with Gasteiger partial charge < -0.3 is 19.7 Å². The first-order valence-corrected chi connectivity index (χ1v) is 8.11. The van der Waals surface area contributed by atoms with Crippen molar-refractivity contribution >= 4 is 23.5 Å². The van der Waals surface area contributed by atoms with Crippen molar-refractivity contribution in [3.05, 3.63) is 41.4 Å². The van der Waals surface area contributed by atoms with Crippen LogP contribution in [0.1, 0.15) is 5.56 Å². The number of rotatable bonds is 6. The SMILES string of the molecule is C=CCc1cccc(Cl)c1OCCN1CCOCC1.O=C(O)C(=O)O. The number of carboxylic acids is 2. The number of hydrogen-bond acceptors (Lipinski definition) is 5. The summed E-state index contributed by atoms with van der Waals surface area (Å²) in [6.07, 6.45) is 2.63. The molecule has 2 N–H and O–H groups in total. The predicted molar refractivity (Wildman–Crippen MR) is 93.4 cm³/mol. The Morgan fingerprint density at radius 3 is 2.48 bits per heavy atom. The van der Waals surface area contributed by atoms with Crippen LogP contribution in [0, 0.1) is 0 Å². The minimum absolute atomic E-state index is 0.647. The molecule has 1 aromatic carbocycles. The van der Waals surface area contributed by atoms with Crippen molar-refractivity contribution in [1.82, 2.24) is 4.90 Å². The monoisotopic (exact) mass is 371 g/mol. The third kappa shape index (κ3) is 8.02. The second-order valence-corrected chi connectivity index (χ2v) is 5.54. The first-order valence-electron chi connectivity index (χ1n) is 7.73. The minimum Gasteiger partial charge on any atom is -0.490 e. The first kappa shape index (κ1) is 21.0. The molecule has 1 saturated heterocycles. The number of para-hydroxylation sites is 1. The van der Waals surface area contributed by atoms with E-state index in [1.807, 2.05) is 24.3 Å². The van der Waals surface area contributed by atoms with Crippen molar-refractivity contribution in [3.63, 3.8) is 0 Å². The van der Waals surface area contributed by atoms with E-state index in [0.29, 0.717) is 11.6 Å². The van der Waals surface area contributed by atoms with Crippen molar-refractivity contribution in [2.75, 3.05) is 39.5 Å². The van der Waals surface area contributed by atoms with Gasteiger partial charge in [-0.15, -0.1) is 6.58 Å². The largest absolute Gasteiger partial charge is 0.490 e. The van der Waals surface area contributed by atoms with Crippen LogP contribution in [0.5, 0.6) is 5.75 Å². The quantitative estimate of drug-likeness (QED) is 0.582. The Morgan fingerprint density at radius 1 is 1.28 bits per heavy atom. The molecule has 25 heavy (non-hydrogen) atoms. The summed E-state index contributed by atoms with van der Waals surface area (Å²) in [5, 5.41) is 15.5. The molecule has 1 aliphatic heterocycles. The maximum absolute atomic E-state index is 9.10. The van der Waals surface area contributed by atoms with Crippen LogP contribution >= 0.6 is 11.6 Å². The van der Waals surface area contributed by atoms with Crippen LogP contribution < -0.4 is 4.74 Å². The van der Waals surface area contributed by atoms with Crippen LogP contribution in [0.15, 0.2) is 30.9 Å². The number of benzene rings is 1. The van der Waals surface area contributed by atoms with E-state index in [-0.39, 0.29) is 0 Å². The summed E-state index contributed by atoms with van der Waals surface area (Å²) in [7, 11) is 0. The zero-order chi connectivity index (χ0) is 18.7. The highest BCUT2D eigenvalue weighted by Crippen LogP contribution is 2.29. The minimum atomic E-state index is -1.82. The van der Waals surface area contributed by atoms with E-state index >= 15 is 0 Å². The zero-order valence-electron chi connectivity index (χ0n) is 13.8. The fourth-order valence-corrected chi connectivity index (χ4v) is 2.38.